The molecular formula is C19H15Br2N2O3-. The average molecular weight is 479 g/mol. The molecule has 1 aliphatic heterocycles. The number of halogens is 2. The van der Waals surface area contributed by atoms with Crippen molar-refractivity contribution in [3.05, 3.63) is 68.6 Å². The van der Waals surface area contributed by atoms with Crippen LogP contribution in [0.15, 0.2) is 62.6 Å². The highest BCUT2D eigenvalue weighted by atomic mass is 79.9. The van der Waals surface area contributed by atoms with Gasteiger partial charge in [-0.05, 0) is 41.8 Å². The van der Waals surface area contributed by atoms with E-state index in [4.69, 9.17) is 0 Å². The Morgan fingerprint density at radius 3 is 2.46 bits per heavy atom. The van der Waals surface area contributed by atoms with E-state index in [1.54, 1.807) is 0 Å². The van der Waals surface area contributed by atoms with Crippen LogP contribution >= 0.6 is 31.9 Å². The fraction of sp³-hybridized carbons (Fsp3) is 0.211. The predicted octanol–water partition coefficient (Wildman–Crippen LogP) is 3.42. The molecule has 7 heteroatoms. The zero-order chi connectivity index (χ0) is 18.7. The van der Waals surface area contributed by atoms with Crippen molar-refractivity contribution in [1.82, 2.24) is 5.01 Å². The molecule has 0 fully saturated rings. The summed E-state index contributed by atoms with van der Waals surface area (Å²) in [6, 6.07) is 15.2. The summed E-state index contributed by atoms with van der Waals surface area (Å²) in [4.78, 5) is 23.3. The third-order valence-electron chi connectivity index (χ3n) is 4.12. The lowest BCUT2D eigenvalue weighted by atomic mass is 9.98. The van der Waals surface area contributed by atoms with Crippen molar-refractivity contribution in [1.29, 1.82) is 0 Å². The van der Waals surface area contributed by atoms with Crippen LogP contribution in [-0.2, 0) is 9.59 Å². The quantitative estimate of drug-likeness (QED) is 0.660. The smallest absolute Gasteiger partial charge is 0.243 e. The molecule has 0 spiro atoms. The molecule has 0 aliphatic carbocycles. The number of hydrazone groups is 1. The maximum Gasteiger partial charge on any atom is 0.243 e. The van der Waals surface area contributed by atoms with Crippen molar-refractivity contribution in [3.8, 4) is 0 Å². The van der Waals surface area contributed by atoms with Crippen LogP contribution in [0.3, 0.4) is 0 Å². The highest BCUT2D eigenvalue weighted by molar-refractivity contribution is 9.10. The van der Waals surface area contributed by atoms with Crippen molar-refractivity contribution >= 4 is 49.4 Å². The number of carboxylic acid groups (broad SMARTS) is 1. The van der Waals surface area contributed by atoms with E-state index in [2.05, 4.69) is 37.0 Å². The molecule has 0 aromatic heterocycles. The van der Waals surface area contributed by atoms with Gasteiger partial charge in [-0.1, -0.05) is 56.1 Å². The van der Waals surface area contributed by atoms with Crippen LogP contribution in [0.4, 0.5) is 0 Å². The zero-order valence-corrected chi connectivity index (χ0v) is 16.9. The van der Waals surface area contributed by atoms with Crippen LogP contribution in [0.5, 0.6) is 0 Å². The van der Waals surface area contributed by atoms with Gasteiger partial charge in [-0.25, -0.2) is 5.01 Å². The molecule has 1 aliphatic rings. The van der Waals surface area contributed by atoms with Gasteiger partial charge in [0.1, 0.15) is 0 Å². The molecule has 0 saturated carbocycles. The molecule has 26 heavy (non-hydrogen) atoms. The van der Waals surface area contributed by atoms with Crippen molar-refractivity contribution in [2.45, 2.75) is 25.3 Å². The fourth-order valence-electron chi connectivity index (χ4n) is 2.85. The molecule has 0 bridgehead atoms. The van der Waals surface area contributed by atoms with E-state index in [1.165, 1.54) is 5.01 Å². The van der Waals surface area contributed by atoms with Gasteiger partial charge in [-0.15, -0.1) is 0 Å². The lowest BCUT2D eigenvalue weighted by molar-refractivity contribution is -0.305. The second-order valence-electron chi connectivity index (χ2n) is 5.94. The maximum atomic E-state index is 12.6. The summed E-state index contributed by atoms with van der Waals surface area (Å²) >= 11 is 6.86. The molecule has 0 N–H and O–H groups in total. The average Bonchev–Trinajstić information content (AvgIpc) is 3.05. The minimum atomic E-state index is -1.24. The number of carbonyl (C=O) groups excluding carboxylic acids is 2. The molecule has 0 radical (unpaired) electrons. The number of carboxylic acids is 1. The van der Waals surface area contributed by atoms with Gasteiger partial charge in [0.2, 0.25) is 5.91 Å². The molecule has 3 rings (SSSR count). The standard InChI is InChI=1S/C19H16Br2N2O3/c20-14-6-4-12(5-7-14)16-11-17(13-2-1-3-15(21)10-13)23(22-16)18(24)8-9-19(25)26/h1-7,10,17H,8-9,11H2,(H,25,26)/p-1/t17-/m1/s1. The van der Waals surface area contributed by atoms with E-state index < -0.39 is 5.97 Å². The summed E-state index contributed by atoms with van der Waals surface area (Å²) in [7, 11) is 0. The Bertz CT molecular complexity index is 865. The topological polar surface area (TPSA) is 72.8 Å². The molecule has 5 nitrogen and oxygen atoms in total. The van der Waals surface area contributed by atoms with Crippen molar-refractivity contribution < 1.29 is 14.7 Å². The van der Waals surface area contributed by atoms with E-state index in [0.717, 1.165) is 25.8 Å². The van der Waals surface area contributed by atoms with E-state index in [0.29, 0.717) is 6.42 Å². The van der Waals surface area contributed by atoms with Crippen molar-refractivity contribution in [2.24, 2.45) is 5.10 Å². The number of hydrogen-bond acceptors (Lipinski definition) is 4. The Hall–Kier alpha value is -1.99. The van der Waals surface area contributed by atoms with E-state index in [-0.39, 0.29) is 24.8 Å². The Morgan fingerprint density at radius 2 is 1.81 bits per heavy atom. The highest BCUT2D eigenvalue weighted by Gasteiger charge is 2.32. The van der Waals surface area contributed by atoms with Gasteiger partial charge in [0, 0.05) is 27.8 Å². The minimum Gasteiger partial charge on any atom is -0.550 e. The van der Waals surface area contributed by atoms with E-state index >= 15 is 0 Å². The van der Waals surface area contributed by atoms with Crippen molar-refractivity contribution in [2.75, 3.05) is 0 Å². The van der Waals surface area contributed by atoms with Gasteiger partial charge >= 0.3 is 0 Å². The number of rotatable bonds is 5. The fourth-order valence-corrected chi connectivity index (χ4v) is 3.54. The first-order valence-electron chi connectivity index (χ1n) is 8.05. The van der Waals surface area contributed by atoms with Crippen LogP contribution in [-0.4, -0.2) is 22.6 Å². The number of amides is 1. The minimum absolute atomic E-state index is 0.135. The summed E-state index contributed by atoms with van der Waals surface area (Å²) in [6.07, 6.45) is 0.114. The Balaban J connectivity index is 1.91. The lowest BCUT2D eigenvalue weighted by Crippen LogP contribution is -2.29. The summed E-state index contributed by atoms with van der Waals surface area (Å²) in [5.74, 6) is -1.57. The molecule has 0 unspecified atom stereocenters. The van der Waals surface area contributed by atoms with Crippen LogP contribution in [0.2, 0.25) is 0 Å². The Kier molecular flexibility index (Phi) is 5.88. The third-order valence-corrected chi connectivity index (χ3v) is 5.14. The van der Waals surface area contributed by atoms with E-state index in [9.17, 15) is 14.7 Å². The molecule has 134 valence electrons. The predicted molar refractivity (Wildman–Crippen MR) is 103 cm³/mol. The number of hydrogen-bond donors (Lipinski definition) is 0. The molecule has 0 saturated heterocycles. The molecule has 1 amide bonds. The molecule has 2 aromatic carbocycles. The summed E-state index contributed by atoms with van der Waals surface area (Å²) < 4.78 is 1.87. The van der Waals surface area contributed by atoms with Gasteiger partial charge in [0.25, 0.3) is 0 Å². The molecule has 1 atom stereocenters. The first kappa shape index (κ1) is 18.8. The number of benzene rings is 2. The summed E-state index contributed by atoms with van der Waals surface area (Å²) in [5, 5.41) is 16.6. The number of nitrogens with zero attached hydrogens (tertiary/aromatic N) is 2. The Morgan fingerprint density at radius 1 is 1.08 bits per heavy atom. The number of aliphatic carboxylic acids is 1. The van der Waals surface area contributed by atoms with Crippen LogP contribution in [0, 0.1) is 0 Å². The molecule has 1 heterocycles. The van der Waals surface area contributed by atoms with Crippen molar-refractivity contribution in [3.63, 3.8) is 0 Å². The first-order chi connectivity index (χ1) is 12.4. The van der Waals surface area contributed by atoms with Crippen LogP contribution in [0.25, 0.3) is 0 Å². The highest BCUT2D eigenvalue weighted by Crippen LogP contribution is 2.34. The third kappa shape index (κ3) is 4.40. The maximum absolute atomic E-state index is 12.6. The van der Waals surface area contributed by atoms with E-state index in [1.807, 2.05) is 48.5 Å². The summed E-state index contributed by atoms with van der Waals surface area (Å²) in [5.41, 5.74) is 2.67. The largest absolute Gasteiger partial charge is 0.550 e. The molecule has 2 aromatic rings. The van der Waals surface area contributed by atoms with Gasteiger partial charge in [-0.3, -0.25) is 4.79 Å². The van der Waals surface area contributed by atoms with Gasteiger partial charge in [0.05, 0.1) is 11.8 Å². The normalized spacial score (nSPS) is 16.5. The van der Waals surface area contributed by atoms with Gasteiger partial charge in [-0.2, -0.15) is 5.10 Å². The Labute approximate surface area is 168 Å². The first-order valence-corrected chi connectivity index (χ1v) is 9.63. The second-order valence-corrected chi connectivity index (χ2v) is 7.77. The molecular weight excluding hydrogens is 464 g/mol. The zero-order valence-electron chi connectivity index (χ0n) is 13.7. The van der Waals surface area contributed by atoms with Gasteiger partial charge < -0.3 is 9.90 Å². The summed E-state index contributed by atoms with van der Waals surface area (Å²) in [6.45, 7) is 0. The monoisotopic (exact) mass is 477 g/mol. The lowest BCUT2D eigenvalue weighted by Gasteiger charge is -2.22. The SMILES string of the molecule is O=C([O-])CCC(=O)N1N=C(c2ccc(Br)cc2)C[C@@H]1c1cccc(Br)c1. The second kappa shape index (κ2) is 8.14. The van der Waals surface area contributed by atoms with Crippen LogP contribution in [0.1, 0.15) is 36.4 Å². The van der Waals surface area contributed by atoms with Crippen LogP contribution < -0.4 is 5.11 Å². The number of carbonyl (C=O) groups is 2. The van der Waals surface area contributed by atoms with Gasteiger partial charge in [0.15, 0.2) is 0 Å².